The van der Waals surface area contributed by atoms with Crippen LogP contribution in [0.5, 0.6) is 5.75 Å². The maximum Gasteiger partial charge on any atom is 0.347 e. The largest absolute Gasteiger partial charge is 0.495 e. The Balaban J connectivity index is 2.42. The second-order valence-corrected chi connectivity index (χ2v) is 11.5. The van der Waals surface area contributed by atoms with Crippen molar-refractivity contribution in [3.63, 3.8) is 0 Å². The Hall–Kier alpha value is -4.16. The van der Waals surface area contributed by atoms with Crippen molar-refractivity contribution >= 4 is 41.6 Å². The fourth-order valence-electron chi connectivity index (χ4n) is 4.36. The van der Waals surface area contributed by atoms with Crippen LogP contribution < -0.4 is 26.4 Å². The predicted molar refractivity (Wildman–Crippen MR) is 172 cm³/mol. The molecule has 1 aliphatic rings. The molecular weight excluding hydrogens is 602 g/mol. The number of hydrogen-bond acceptors (Lipinski definition) is 10. The maximum atomic E-state index is 13.3. The summed E-state index contributed by atoms with van der Waals surface area (Å²) >= 11 is 6.26. The summed E-state index contributed by atoms with van der Waals surface area (Å²) in [6.45, 7) is 5.26. The molecule has 0 fully saturated rings. The lowest BCUT2D eigenvalue weighted by Gasteiger charge is -2.26. The SMILES string of the molecule is CN/C=C(C=N)/C=C/[C@@H](C)[C@@H]1C/C=C/C(=O)N[C@H](Cc2ccc(OC)c(Cl)c2)C(=O)NC[C@@H](N)C(=O)O[C@@H](CC(C)C)C(=O)O1. The molecule has 0 saturated carbocycles. The van der Waals surface area contributed by atoms with Crippen LogP contribution in [0.15, 0.2) is 54.3 Å². The molecule has 5 atom stereocenters. The first-order valence-electron chi connectivity index (χ1n) is 14.7. The highest BCUT2D eigenvalue weighted by Gasteiger charge is 2.32. The van der Waals surface area contributed by atoms with Crippen LogP contribution in [0.2, 0.25) is 5.02 Å². The van der Waals surface area contributed by atoms with Gasteiger partial charge in [-0.1, -0.05) is 56.7 Å². The molecular formula is C32H44ClN5O7. The highest BCUT2D eigenvalue weighted by Crippen LogP contribution is 2.25. The monoisotopic (exact) mass is 645 g/mol. The van der Waals surface area contributed by atoms with Crippen molar-refractivity contribution < 1.29 is 33.4 Å². The van der Waals surface area contributed by atoms with Crippen LogP contribution in [0.1, 0.15) is 39.2 Å². The molecule has 0 spiro atoms. The van der Waals surface area contributed by atoms with Crippen LogP contribution >= 0.6 is 11.6 Å². The molecule has 0 aromatic heterocycles. The van der Waals surface area contributed by atoms with E-state index < -0.39 is 48.0 Å². The van der Waals surface area contributed by atoms with Crippen LogP contribution in [-0.4, -0.2) is 75.0 Å². The number of cyclic esters (lactones) is 2. The molecule has 6 N–H and O–H groups in total. The quantitative estimate of drug-likeness (QED) is 0.145. The molecule has 0 unspecified atom stereocenters. The van der Waals surface area contributed by atoms with Gasteiger partial charge in [0.2, 0.25) is 11.8 Å². The summed E-state index contributed by atoms with van der Waals surface area (Å²) < 4.78 is 16.5. The first-order chi connectivity index (χ1) is 21.4. The minimum absolute atomic E-state index is 0.0229. The van der Waals surface area contributed by atoms with E-state index in [2.05, 4.69) is 16.0 Å². The van der Waals surface area contributed by atoms with Gasteiger partial charge in [0.15, 0.2) is 6.10 Å². The number of nitrogens with two attached hydrogens (primary N) is 1. The van der Waals surface area contributed by atoms with E-state index in [1.807, 2.05) is 20.8 Å². The second kappa shape index (κ2) is 18.6. The third-order valence-corrected chi connectivity index (χ3v) is 7.15. The van der Waals surface area contributed by atoms with E-state index in [1.165, 1.54) is 19.4 Å². The number of carbonyl (C=O) groups is 4. The van der Waals surface area contributed by atoms with Gasteiger partial charge in [0, 0.05) is 50.3 Å². The Morgan fingerprint density at radius 2 is 1.93 bits per heavy atom. The molecule has 0 saturated heterocycles. The van der Waals surface area contributed by atoms with E-state index in [-0.39, 0.29) is 37.6 Å². The number of benzene rings is 1. The number of ether oxygens (including phenoxy) is 3. The van der Waals surface area contributed by atoms with Crippen molar-refractivity contribution in [2.24, 2.45) is 17.6 Å². The number of carbonyl (C=O) groups excluding carboxylic acids is 4. The zero-order chi connectivity index (χ0) is 33.5. The highest BCUT2D eigenvalue weighted by molar-refractivity contribution is 6.32. The number of methoxy groups -OCH3 is 1. The number of halogens is 1. The molecule has 0 radical (unpaired) electrons. The molecule has 246 valence electrons. The van der Waals surface area contributed by atoms with Crippen LogP contribution in [0.25, 0.3) is 0 Å². The molecule has 1 aromatic carbocycles. The van der Waals surface area contributed by atoms with Gasteiger partial charge in [0.25, 0.3) is 0 Å². The van der Waals surface area contributed by atoms with Crippen molar-refractivity contribution in [1.82, 2.24) is 16.0 Å². The summed E-state index contributed by atoms with van der Waals surface area (Å²) in [6.07, 6.45) is 7.53. The maximum absolute atomic E-state index is 13.3. The number of nitrogens with one attached hydrogen (secondary N) is 4. The summed E-state index contributed by atoms with van der Waals surface area (Å²) in [5.74, 6) is -2.70. The molecule has 0 aliphatic carbocycles. The second-order valence-electron chi connectivity index (χ2n) is 11.0. The van der Waals surface area contributed by atoms with E-state index in [9.17, 15) is 19.2 Å². The van der Waals surface area contributed by atoms with Crippen LogP contribution in [0.4, 0.5) is 0 Å². The highest BCUT2D eigenvalue weighted by atomic mass is 35.5. The number of hydrogen-bond donors (Lipinski definition) is 5. The van der Waals surface area contributed by atoms with E-state index in [0.29, 0.717) is 21.9 Å². The fraction of sp³-hybridized carbons (Fsp3) is 0.469. The molecule has 0 bridgehead atoms. The molecule has 12 nitrogen and oxygen atoms in total. The molecule has 2 rings (SSSR count). The average molecular weight is 646 g/mol. The standard InChI is InChI=1S/C32H44ClN5O7/c1-19(2)13-28-32(42)44-26(20(3)9-10-22(16-34)17-36-4)7-6-8-29(39)38-25(30(40)37-18-24(35)31(41)45-28)15-21-11-12-27(43-5)23(33)14-21/h6,8-12,14,16-17,19-20,24-26,28,34,36H,7,13,15,18,35H2,1-5H3,(H,37,40)(H,38,39)/b8-6+,10-9+,22-17-,34-16?/t20-,24-,25-,26+,28+/m1/s1. The summed E-state index contributed by atoms with van der Waals surface area (Å²) in [5.41, 5.74) is 7.28. The molecule has 2 amide bonds. The Morgan fingerprint density at radius 3 is 2.56 bits per heavy atom. The first-order valence-corrected chi connectivity index (χ1v) is 15.1. The third-order valence-electron chi connectivity index (χ3n) is 6.86. The normalized spacial score (nSPS) is 23.9. The number of amides is 2. The van der Waals surface area contributed by atoms with E-state index in [4.69, 9.17) is 37.0 Å². The van der Waals surface area contributed by atoms with Crippen molar-refractivity contribution in [2.45, 2.75) is 64.3 Å². The van der Waals surface area contributed by atoms with E-state index in [0.717, 1.165) is 0 Å². The lowest BCUT2D eigenvalue weighted by Crippen LogP contribution is -2.52. The van der Waals surface area contributed by atoms with Gasteiger partial charge in [-0.2, -0.15) is 0 Å². The van der Waals surface area contributed by atoms with Gasteiger partial charge in [-0.25, -0.2) is 4.79 Å². The van der Waals surface area contributed by atoms with Crippen molar-refractivity contribution in [2.75, 3.05) is 20.7 Å². The Bertz CT molecular complexity index is 1300. The lowest BCUT2D eigenvalue weighted by molar-refractivity contribution is -0.174. The van der Waals surface area contributed by atoms with Gasteiger partial charge in [-0.3, -0.25) is 14.4 Å². The van der Waals surface area contributed by atoms with Crippen LogP contribution in [0.3, 0.4) is 0 Å². The van der Waals surface area contributed by atoms with Crippen molar-refractivity contribution in [3.8, 4) is 5.75 Å². The van der Waals surface area contributed by atoms with Crippen LogP contribution in [-0.2, 0) is 35.1 Å². The summed E-state index contributed by atoms with van der Waals surface area (Å²) in [7, 11) is 3.20. The topological polar surface area (TPSA) is 182 Å². The molecule has 1 heterocycles. The molecule has 45 heavy (non-hydrogen) atoms. The Labute approximate surface area is 269 Å². The van der Waals surface area contributed by atoms with Crippen LogP contribution in [0, 0.1) is 17.2 Å². The third kappa shape index (κ3) is 12.4. The Morgan fingerprint density at radius 1 is 1.20 bits per heavy atom. The van der Waals surface area contributed by atoms with Crippen molar-refractivity contribution in [3.05, 3.63) is 64.9 Å². The van der Waals surface area contributed by atoms with Gasteiger partial charge in [0.1, 0.15) is 23.9 Å². The number of esters is 2. The molecule has 1 aliphatic heterocycles. The van der Waals surface area contributed by atoms with Gasteiger partial charge >= 0.3 is 11.9 Å². The number of rotatable bonds is 10. The lowest BCUT2D eigenvalue weighted by atomic mass is 9.99. The summed E-state index contributed by atoms with van der Waals surface area (Å²) in [5, 5.41) is 16.0. The minimum Gasteiger partial charge on any atom is -0.495 e. The Kier molecular flexibility index (Phi) is 15.3. The smallest absolute Gasteiger partial charge is 0.347 e. The predicted octanol–water partition coefficient (Wildman–Crippen LogP) is 2.59. The molecule has 1 aromatic rings. The van der Waals surface area contributed by atoms with E-state index >= 15 is 0 Å². The first kappa shape index (κ1) is 37.0. The van der Waals surface area contributed by atoms with Gasteiger partial charge in [-0.05, 0) is 36.1 Å². The van der Waals surface area contributed by atoms with Gasteiger partial charge in [0.05, 0.1) is 12.1 Å². The fourth-order valence-corrected chi connectivity index (χ4v) is 4.64. The minimum atomic E-state index is -1.29. The van der Waals surface area contributed by atoms with Gasteiger partial charge in [-0.15, -0.1) is 0 Å². The molecule has 13 heteroatoms. The summed E-state index contributed by atoms with van der Waals surface area (Å²) in [6, 6.07) is 2.69. The zero-order valence-corrected chi connectivity index (χ0v) is 27.1. The van der Waals surface area contributed by atoms with Crippen molar-refractivity contribution in [1.29, 1.82) is 5.41 Å². The van der Waals surface area contributed by atoms with E-state index in [1.54, 1.807) is 49.7 Å². The average Bonchev–Trinajstić information content (AvgIpc) is 2.99. The van der Waals surface area contributed by atoms with Gasteiger partial charge < -0.3 is 41.3 Å². The zero-order valence-electron chi connectivity index (χ0n) is 26.3. The summed E-state index contributed by atoms with van der Waals surface area (Å²) in [4.78, 5) is 52.4. The number of allylic oxidation sites excluding steroid dienone is 2.